The van der Waals surface area contributed by atoms with E-state index >= 15 is 0 Å². The Kier molecular flexibility index (Phi) is 3.52. The Hall–Kier alpha value is -0.680. The Morgan fingerprint density at radius 1 is 1.33 bits per heavy atom. The van der Waals surface area contributed by atoms with Crippen molar-refractivity contribution in [2.45, 2.75) is 37.8 Å². The van der Waals surface area contributed by atoms with Crippen LogP contribution in [0.25, 0.3) is 0 Å². The van der Waals surface area contributed by atoms with Crippen molar-refractivity contribution >= 4 is 21.7 Å². The molecule has 2 unspecified atom stereocenters. The summed E-state index contributed by atoms with van der Waals surface area (Å²) in [6, 6.07) is 2.36. The van der Waals surface area contributed by atoms with E-state index in [0.717, 1.165) is 13.0 Å². The monoisotopic (exact) mass is 313 g/mol. The van der Waals surface area contributed by atoms with Gasteiger partial charge in [0.2, 0.25) is 0 Å². The van der Waals surface area contributed by atoms with Gasteiger partial charge in [-0.2, -0.15) is 0 Å². The van der Waals surface area contributed by atoms with Crippen LogP contribution in [-0.2, 0) is 0 Å². The lowest BCUT2D eigenvalue weighted by Gasteiger charge is -2.32. The third-order valence-electron chi connectivity index (χ3n) is 3.99. The second-order valence-corrected chi connectivity index (χ2v) is 6.04. The molecule has 2 aliphatic heterocycles. The molecule has 2 atom stereocenters. The fourth-order valence-corrected chi connectivity index (χ4v) is 3.42. The summed E-state index contributed by atoms with van der Waals surface area (Å²) in [6.45, 7) is 2.32. The smallest absolute Gasteiger partial charge is 0.166 e. The maximum absolute atomic E-state index is 13.8. The molecule has 0 saturated carbocycles. The summed E-state index contributed by atoms with van der Waals surface area (Å²) in [5, 5.41) is 3.29. The Morgan fingerprint density at radius 2 is 2.22 bits per heavy atom. The van der Waals surface area contributed by atoms with Gasteiger partial charge in [-0.05, 0) is 47.8 Å². The lowest BCUT2D eigenvalue weighted by molar-refractivity contribution is 0.192. The molecule has 0 bridgehead atoms. The molecule has 1 aromatic rings. The number of fused-ring (bicyclic) bond motifs is 1. The molecule has 98 valence electrons. The van der Waals surface area contributed by atoms with Crippen molar-refractivity contribution < 1.29 is 4.39 Å². The molecular weight excluding hydrogens is 297 g/mol. The fourth-order valence-electron chi connectivity index (χ4n) is 3.11. The number of aromatic nitrogens is 1. The number of halogens is 2. The predicted molar refractivity (Wildman–Crippen MR) is 73.1 cm³/mol. The zero-order valence-electron chi connectivity index (χ0n) is 10.2. The molecule has 2 aliphatic rings. The molecule has 0 aromatic carbocycles. The number of piperidine rings is 1. The normalized spacial score (nSPS) is 28.1. The van der Waals surface area contributed by atoms with Crippen molar-refractivity contribution in [2.75, 3.05) is 18.4 Å². The molecule has 0 radical (unpaired) electrons. The number of pyridine rings is 1. The van der Waals surface area contributed by atoms with Crippen LogP contribution < -0.4 is 5.32 Å². The summed E-state index contributed by atoms with van der Waals surface area (Å²) < 4.78 is 14.4. The summed E-state index contributed by atoms with van der Waals surface area (Å²) in [7, 11) is 0. The van der Waals surface area contributed by atoms with Crippen molar-refractivity contribution in [3.63, 3.8) is 0 Å². The van der Waals surface area contributed by atoms with Gasteiger partial charge in [0.25, 0.3) is 0 Å². The Balaban J connectivity index is 1.72. The molecule has 3 rings (SSSR count). The highest BCUT2D eigenvalue weighted by Gasteiger charge is 2.35. The molecule has 18 heavy (non-hydrogen) atoms. The van der Waals surface area contributed by atoms with Crippen LogP contribution in [0.4, 0.5) is 10.2 Å². The standard InChI is InChI=1S/C13H17BrFN3/c14-9-7-10(15)13(16-8-9)17-11-4-6-18-5-2-1-3-12(11)18/h7-8,11-12H,1-6H2,(H,16,17). The van der Waals surface area contributed by atoms with Gasteiger partial charge in [-0.3, -0.25) is 4.90 Å². The van der Waals surface area contributed by atoms with E-state index in [1.165, 1.54) is 31.9 Å². The van der Waals surface area contributed by atoms with Crippen LogP contribution in [0.2, 0.25) is 0 Å². The largest absolute Gasteiger partial charge is 0.363 e. The van der Waals surface area contributed by atoms with E-state index in [4.69, 9.17) is 0 Å². The quantitative estimate of drug-likeness (QED) is 0.909. The first kappa shape index (κ1) is 12.4. The van der Waals surface area contributed by atoms with E-state index in [1.807, 2.05) is 0 Å². The van der Waals surface area contributed by atoms with Gasteiger partial charge < -0.3 is 5.32 Å². The maximum Gasteiger partial charge on any atom is 0.166 e. The fraction of sp³-hybridized carbons (Fsp3) is 0.615. The van der Waals surface area contributed by atoms with E-state index in [-0.39, 0.29) is 5.82 Å². The molecule has 2 fully saturated rings. The first-order valence-corrected chi connectivity index (χ1v) is 7.35. The average molecular weight is 314 g/mol. The number of nitrogens with one attached hydrogen (secondary N) is 1. The molecule has 3 nitrogen and oxygen atoms in total. The van der Waals surface area contributed by atoms with Gasteiger partial charge in [0.05, 0.1) is 0 Å². The van der Waals surface area contributed by atoms with Gasteiger partial charge in [-0.1, -0.05) is 6.42 Å². The first-order valence-electron chi connectivity index (χ1n) is 6.55. The first-order chi connectivity index (χ1) is 8.74. The van der Waals surface area contributed by atoms with Crippen LogP contribution in [0.5, 0.6) is 0 Å². The number of anilines is 1. The molecule has 1 aromatic heterocycles. The zero-order valence-corrected chi connectivity index (χ0v) is 11.8. The second kappa shape index (κ2) is 5.13. The van der Waals surface area contributed by atoms with Crippen LogP contribution in [-0.4, -0.2) is 35.1 Å². The molecule has 1 N–H and O–H groups in total. The summed E-state index contributed by atoms with van der Waals surface area (Å²) in [5.74, 6) is 0.106. The van der Waals surface area contributed by atoms with Crippen molar-refractivity contribution in [1.82, 2.24) is 9.88 Å². The zero-order chi connectivity index (χ0) is 12.5. The van der Waals surface area contributed by atoms with Gasteiger partial charge in [0, 0.05) is 29.3 Å². The van der Waals surface area contributed by atoms with Crippen molar-refractivity contribution in [3.8, 4) is 0 Å². The van der Waals surface area contributed by atoms with E-state index < -0.39 is 0 Å². The highest BCUT2D eigenvalue weighted by Crippen LogP contribution is 2.29. The third-order valence-corrected chi connectivity index (χ3v) is 4.42. The highest BCUT2D eigenvalue weighted by atomic mass is 79.9. The van der Waals surface area contributed by atoms with Gasteiger partial charge in [-0.15, -0.1) is 0 Å². The molecule has 2 saturated heterocycles. The van der Waals surface area contributed by atoms with E-state index in [1.54, 1.807) is 6.20 Å². The minimum absolute atomic E-state index is 0.279. The van der Waals surface area contributed by atoms with Crippen LogP contribution in [0.1, 0.15) is 25.7 Å². The molecule has 0 spiro atoms. The third kappa shape index (κ3) is 2.38. The van der Waals surface area contributed by atoms with Gasteiger partial charge in [-0.25, -0.2) is 9.37 Å². The number of hydrogen-bond donors (Lipinski definition) is 1. The summed E-state index contributed by atoms with van der Waals surface area (Å²) >= 11 is 3.23. The molecule has 3 heterocycles. The van der Waals surface area contributed by atoms with Crippen LogP contribution >= 0.6 is 15.9 Å². The Labute approximate surface area is 115 Å². The number of hydrogen-bond acceptors (Lipinski definition) is 3. The lowest BCUT2D eigenvalue weighted by Crippen LogP contribution is -2.41. The molecule has 0 aliphatic carbocycles. The van der Waals surface area contributed by atoms with Crippen LogP contribution in [0, 0.1) is 5.82 Å². The van der Waals surface area contributed by atoms with Crippen molar-refractivity contribution in [3.05, 3.63) is 22.6 Å². The van der Waals surface area contributed by atoms with Gasteiger partial charge in [0.1, 0.15) is 0 Å². The highest BCUT2D eigenvalue weighted by molar-refractivity contribution is 9.10. The molecular formula is C13H17BrFN3. The lowest BCUT2D eigenvalue weighted by atomic mass is 9.99. The minimum Gasteiger partial charge on any atom is -0.363 e. The topological polar surface area (TPSA) is 28.2 Å². The molecule has 0 amide bonds. The summed E-state index contributed by atoms with van der Waals surface area (Å²) in [6.07, 6.45) is 6.53. The van der Waals surface area contributed by atoms with Gasteiger partial charge in [0.15, 0.2) is 11.6 Å². The van der Waals surface area contributed by atoms with E-state index in [0.29, 0.717) is 22.4 Å². The Bertz CT molecular complexity index is 440. The second-order valence-electron chi connectivity index (χ2n) is 5.12. The van der Waals surface area contributed by atoms with Crippen LogP contribution in [0.15, 0.2) is 16.7 Å². The van der Waals surface area contributed by atoms with Crippen molar-refractivity contribution in [2.24, 2.45) is 0 Å². The molecule has 5 heteroatoms. The van der Waals surface area contributed by atoms with E-state index in [9.17, 15) is 4.39 Å². The SMILES string of the molecule is Fc1cc(Br)cnc1NC1CCN2CCCCC12. The minimum atomic E-state index is -0.279. The number of rotatable bonds is 2. The maximum atomic E-state index is 13.8. The Morgan fingerprint density at radius 3 is 3.06 bits per heavy atom. The summed E-state index contributed by atoms with van der Waals surface area (Å²) in [4.78, 5) is 6.65. The summed E-state index contributed by atoms with van der Waals surface area (Å²) in [5.41, 5.74) is 0. The predicted octanol–water partition coefficient (Wildman–Crippen LogP) is 3.02. The number of nitrogens with zero attached hydrogens (tertiary/aromatic N) is 2. The average Bonchev–Trinajstić information content (AvgIpc) is 2.76. The van der Waals surface area contributed by atoms with Crippen molar-refractivity contribution in [1.29, 1.82) is 0 Å². The van der Waals surface area contributed by atoms with E-state index in [2.05, 4.69) is 31.1 Å². The van der Waals surface area contributed by atoms with Crippen LogP contribution in [0.3, 0.4) is 0 Å². The van der Waals surface area contributed by atoms with Gasteiger partial charge >= 0.3 is 0 Å².